The number of imidazole rings is 1. The van der Waals surface area contributed by atoms with Gasteiger partial charge in [-0.1, -0.05) is 15.9 Å². The largest absolute Gasteiger partial charge is 0.326 e. The second kappa shape index (κ2) is 4.70. The van der Waals surface area contributed by atoms with Crippen LogP contribution in [0.15, 0.2) is 41.1 Å². The van der Waals surface area contributed by atoms with Crippen LogP contribution in [0.4, 0.5) is 11.6 Å². The lowest BCUT2D eigenvalue weighted by molar-refractivity contribution is 0.608. The summed E-state index contributed by atoms with van der Waals surface area (Å²) >= 11 is 3.41. The lowest BCUT2D eigenvalue weighted by Gasteiger charge is -2.12. The van der Waals surface area contributed by atoms with Gasteiger partial charge in [0.2, 0.25) is 5.95 Å². The number of hydrogen-bond donors (Lipinski definition) is 1. The molecule has 0 atom stereocenters. The smallest absolute Gasteiger partial charge is 0.207 e. The molecule has 0 saturated heterocycles. The molecule has 84 valence electrons. The van der Waals surface area contributed by atoms with Crippen LogP contribution in [0.3, 0.4) is 0 Å². The molecule has 2 aromatic rings. The number of anilines is 2. The van der Waals surface area contributed by atoms with Crippen LogP contribution in [-0.4, -0.2) is 9.55 Å². The maximum absolute atomic E-state index is 4.30. The van der Waals surface area contributed by atoms with Gasteiger partial charge in [-0.2, -0.15) is 0 Å². The zero-order valence-corrected chi connectivity index (χ0v) is 10.9. The van der Waals surface area contributed by atoms with Crippen LogP contribution < -0.4 is 5.32 Å². The monoisotopic (exact) mass is 279 g/mol. The van der Waals surface area contributed by atoms with Crippen LogP contribution in [0.1, 0.15) is 19.9 Å². The molecule has 1 aromatic carbocycles. The quantitative estimate of drug-likeness (QED) is 0.921. The van der Waals surface area contributed by atoms with Crippen molar-refractivity contribution in [2.24, 2.45) is 0 Å². The molecule has 4 heteroatoms. The third-order valence-electron chi connectivity index (χ3n) is 2.33. The van der Waals surface area contributed by atoms with E-state index in [1.54, 1.807) is 6.20 Å². The first-order chi connectivity index (χ1) is 7.66. The van der Waals surface area contributed by atoms with Gasteiger partial charge in [0, 0.05) is 28.6 Å². The number of rotatable bonds is 3. The molecular formula is C12H14BrN3. The van der Waals surface area contributed by atoms with Crippen molar-refractivity contribution in [2.75, 3.05) is 5.32 Å². The number of halogens is 1. The molecule has 0 aliphatic heterocycles. The molecule has 0 saturated carbocycles. The summed E-state index contributed by atoms with van der Waals surface area (Å²) in [5.74, 6) is 0.873. The van der Waals surface area contributed by atoms with Crippen molar-refractivity contribution in [3.8, 4) is 0 Å². The molecule has 2 rings (SSSR count). The molecule has 0 unspecified atom stereocenters. The Morgan fingerprint density at radius 3 is 2.56 bits per heavy atom. The highest BCUT2D eigenvalue weighted by Crippen LogP contribution is 2.20. The van der Waals surface area contributed by atoms with Crippen LogP contribution in [0, 0.1) is 0 Å². The van der Waals surface area contributed by atoms with Crippen LogP contribution in [0.2, 0.25) is 0 Å². The normalized spacial score (nSPS) is 10.8. The van der Waals surface area contributed by atoms with Crippen LogP contribution in [-0.2, 0) is 0 Å². The van der Waals surface area contributed by atoms with Crippen molar-refractivity contribution < 1.29 is 0 Å². The highest BCUT2D eigenvalue weighted by atomic mass is 79.9. The second-order valence-corrected chi connectivity index (χ2v) is 4.80. The zero-order valence-electron chi connectivity index (χ0n) is 9.31. The summed E-state index contributed by atoms with van der Waals surface area (Å²) in [7, 11) is 0. The average Bonchev–Trinajstić information content (AvgIpc) is 2.69. The lowest BCUT2D eigenvalue weighted by atomic mass is 10.3. The van der Waals surface area contributed by atoms with Crippen molar-refractivity contribution in [1.82, 2.24) is 9.55 Å². The standard InChI is InChI=1S/C12H14BrN3/c1-9(2)16-8-7-14-12(16)15-11-5-3-10(13)4-6-11/h3-9H,1-2H3,(H,14,15). The summed E-state index contributed by atoms with van der Waals surface area (Å²) < 4.78 is 3.17. The molecule has 16 heavy (non-hydrogen) atoms. The molecule has 1 N–H and O–H groups in total. The highest BCUT2D eigenvalue weighted by molar-refractivity contribution is 9.10. The summed E-state index contributed by atoms with van der Waals surface area (Å²) in [6.45, 7) is 4.27. The van der Waals surface area contributed by atoms with E-state index in [2.05, 4.69) is 44.6 Å². The van der Waals surface area contributed by atoms with E-state index in [0.717, 1.165) is 16.1 Å². The summed E-state index contributed by atoms with van der Waals surface area (Å²) in [5, 5.41) is 3.29. The van der Waals surface area contributed by atoms with E-state index in [-0.39, 0.29) is 0 Å². The van der Waals surface area contributed by atoms with Gasteiger partial charge in [0.1, 0.15) is 0 Å². The number of hydrogen-bond acceptors (Lipinski definition) is 2. The topological polar surface area (TPSA) is 29.9 Å². The van der Waals surface area contributed by atoms with Gasteiger partial charge in [0.15, 0.2) is 0 Å². The molecule has 0 amide bonds. The molecule has 1 heterocycles. The van der Waals surface area contributed by atoms with Gasteiger partial charge in [-0.25, -0.2) is 4.98 Å². The van der Waals surface area contributed by atoms with Crippen LogP contribution in [0.5, 0.6) is 0 Å². The number of nitrogens with zero attached hydrogens (tertiary/aromatic N) is 2. The molecule has 0 bridgehead atoms. The molecule has 1 aromatic heterocycles. The molecule has 0 aliphatic rings. The Morgan fingerprint density at radius 2 is 1.94 bits per heavy atom. The van der Waals surface area contributed by atoms with Crippen molar-refractivity contribution in [3.05, 3.63) is 41.1 Å². The van der Waals surface area contributed by atoms with E-state index < -0.39 is 0 Å². The molecule has 0 spiro atoms. The van der Waals surface area contributed by atoms with Crippen LogP contribution >= 0.6 is 15.9 Å². The Bertz CT molecular complexity index is 459. The molecule has 0 radical (unpaired) electrons. The van der Waals surface area contributed by atoms with Crippen molar-refractivity contribution in [1.29, 1.82) is 0 Å². The molecule has 0 fully saturated rings. The first-order valence-electron chi connectivity index (χ1n) is 5.22. The number of nitrogens with one attached hydrogen (secondary N) is 1. The summed E-state index contributed by atoms with van der Waals surface area (Å²) in [4.78, 5) is 4.30. The van der Waals surface area contributed by atoms with Gasteiger partial charge in [0.25, 0.3) is 0 Å². The predicted octanol–water partition coefficient (Wildman–Crippen LogP) is 3.97. The minimum Gasteiger partial charge on any atom is -0.326 e. The SMILES string of the molecule is CC(C)n1ccnc1Nc1ccc(Br)cc1. The molecule has 3 nitrogen and oxygen atoms in total. The zero-order chi connectivity index (χ0) is 11.5. The van der Waals surface area contributed by atoms with E-state index >= 15 is 0 Å². The van der Waals surface area contributed by atoms with Gasteiger partial charge < -0.3 is 9.88 Å². The Hall–Kier alpha value is -1.29. The Morgan fingerprint density at radius 1 is 1.25 bits per heavy atom. The summed E-state index contributed by atoms with van der Waals surface area (Å²) in [5.41, 5.74) is 1.04. The minimum absolute atomic E-state index is 0.403. The first-order valence-corrected chi connectivity index (χ1v) is 6.01. The average molecular weight is 280 g/mol. The van der Waals surface area contributed by atoms with Crippen molar-refractivity contribution >= 4 is 27.6 Å². The van der Waals surface area contributed by atoms with Gasteiger partial charge in [-0.15, -0.1) is 0 Å². The van der Waals surface area contributed by atoms with E-state index in [1.807, 2.05) is 30.5 Å². The van der Waals surface area contributed by atoms with Gasteiger partial charge in [-0.05, 0) is 38.1 Å². The van der Waals surface area contributed by atoms with Crippen molar-refractivity contribution in [2.45, 2.75) is 19.9 Å². The summed E-state index contributed by atoms with van der Waals surface area (Å²) in [6, 6.07) is 8.45. The second-order valence-electron chi connectivity index (χ2n) is 3.88. The fraction of sp³-hybridized carbons (Fsp3) is 0.250. The Labute approximate surface area is 104 Å². The Balaban J connectivity index is 2.20. The third-order valence-corrected chi connectivity index (χ3v) is 2.85. The highest BCUT2D eigenvalue weighted by Gasteiger charge is 2.05. The fourth-order valence-corrected chi connectivity index (χ4v) is 1.75. The van der Waals surface area contributed by atoms with E-state index in [4.69, 9.17) is 0 Å². The van der Waals surface area contributed by atoms with Gasteiger partial charge in [-0.3, -0.25) is 0 Å². The maximum atomic E-state index is 4.30. The summed E-state index contributed by atoms with van der Waals surface area (Å²) in [6.07, 6.45) is 3.78. The third kappa shape index (κ3) is 2.44. The van der Waals surface area contributed by atoms with E-state index in [1.165, 1.54) is 0 Å². The van der Waals surface area contributed by atoms with Gasteiger partial charge in [0.05, 0.1) is 0 Å². The fourth-order valence-electron chi connectivity index (χ4n) is 1.49. The van der Waals surface area contributed by atoms with Crippen LogP contribution in [0.25, 0.3) is 0 Å². The maximum Gasteiger partial charge on any atom is 0.207 e. The minimum atomic E-state index is 0.403. The Kier molecular flexibility index (Phi) is 3.29. The molecule has 0 aliphatic carbocycles. The lowest BCUT2D eigenvalue weighted by Crippen LogP contribution is -2.04. The van der Waals surface area contributed by atoms with Gasteiger partial charge >= 0.3 is 0 Å². The number of benzene rings is 1. The van der Waals surface area contributed by atoms with E-state index in [0.29, 0.717) is 6.04 Å². The van der Waals surface area contributed by atoms with Crippen molar-refractivity contribution in [3.63, 3.8) is 0 Å². The predicted molar refractivity (Wildman–Crippen MR) is 70.0 cm³/mol. The van der Waals surface area contributed by atoms with E-state index in [9.17, 15) is 0 Å². The first kappa shape index (κ1) is 11.2. The molecular weight excluding hydrogens is 266 g/mol. The number of aromatic nitrogens is 2.